The smallest absolute Gasteiger partial charge is 0.129 e. The molecule has 0 unspecified atom stereocenters. The van der Waals surface area contributed by atoms with E-state index in [1.54, 1.807) is 6.21 Å². The Kier molecular flexibility index (Phi) is 3.67. The molecule has 0 bridgehead atoms. The second kappa shape index (κ2) is 4.78. The monoisotopic (exact) mass is 201 g/mol. The lowest BCUT2D eigenvalue weighted by molar-refractivity contribution is 1.55. The van der Waals surface area contributed by atoms with Crippen molar-refractivity contribution < 1.29 is 0 Å². The zero-order valence-corrected chi connectivity index (χ0v) is 9.91. The fourth-order valence-corrected chi connectivity index (χ4v) is 1.37. The topological polar surface area (TPSA) is 12.4 Å². The molecule has 0 aliphatic carbocycles. The van der Waals surface area contributed by atoms with Crippen LogP contribution in [0, 0.1) is 11.5 Å². The summed E-state index contributed by atoms with van der Waals surface area (Å²) < 4.78 is 0. The molecule has 14 heavy (non-hydrogen) atoms. The van der Waals surface area contributed by atoms with Crippen LogP contribution < -0.4 is 0 Å². The Morgan fingerprint density at radius 1 is 1.14 bits per heavy atom. The van der Waals surface area contributed by atoms with Crippen molar-refractivity contribution in [2.75, 3.05) is 0 Å². The van der Waals surface area contributed by atoms with E-state index in [0.29, 0.717) is 0 Å². The number of nitrogens with zero attached hydrogens (tertiary/aromatic N) is 1. The molecule has 1 aromatic rings. The van der Waals surface area contributed by atoms with Gasteiger partial charge < -0.3 is 0 Å². The minimum absolute atomic E-state index is 0.956. The van der Waals surface area contributed by atoms with Gasteiger partial charge in [0.15, 0.2) is 0 Å². The van der Waals surface area contributed by atoms with Gasteiger partial charge in [0.2, 0.25) is 0 Å². The van der Waals surface area contributed by atoms with Crippen molar-refractivity contribution in [1.82, 2.24) is 0 Å². The molecule has 0 saturated carbocycles. The lowest BCUT2D eigenvalue weighted by atomic mass is 10.3. The molecule has 0 aromatic heterocycles. The SMILES string of the molecule is C[Si](C)(C)C#CC=Nc1ccccc1. The number of rotatable bonds is 1. The summed E-state index contributed by atoms with van der Waals surface area (Å²) in [7, 11) is -1.25. The molecular formula is C12H15NSi. The van der Waals surface area contributed by atoms with Crippen LogP contribution in [0.15, 0.2) is 35.3 Å². The second-order valence-corrected chi connectivity index (χ2v) is 8.86. The molecule has 72 valence electrons. The second-order valence-electron chi connectivity index (χ2n) is 4.11. The normalized spacial score (nSPS) is 11.1. The van der Waals surface area contributed by atoms with Crippen molar-refractivity contribution in [3.63, 3.8) is 0 Å². The van der Waals surface area contributed by atoms with Crippen LogP contribution in [-0.2, 0) is 0 Å². The largest absolute Gasteiger partial charge is 0.248 e. The van der Waals surface area contributed by atoms with Crippen LogP contribution in [0.5, 0.6) is 0 Å². The summed E-state index contributed by atoms with van der Waals surface area (Å²) in [5, 5.41) is 0. The predicted octanol–water partition coefficient (Wildman–Crippen LogP) is 3.27. The maximum atomic E-state index is 4.23. The number of para-hydroxylation sites is 1. The summed E-state index contributed by atoms with van der Waals surface area (Å²) in [4.78, 5) is 4.23. The van der Waals surface area contributed by atoms with Crippen molar-refractivity contribution in [3.8, 4) is 11.5 Å². The molecule has 0 fully saturated rings. The third-order valence-electron chi connectivity index (χ3n) is 1.48. The Labute approximate surface area is 86.9 Å². The van der Waals surface area contributed by atoms with E-state index in [4.69, 9.17) is 0 Å². The van der Waals surface area contributed by atoms with Crippen LogP contribution >= 0.6 is 0 Å². The van der Waals surface area contributed by atoms with Gasteiger partial charge in [0.05, 0.1) is 11.9 Å². The summed E-state index contributed by atoms with van der Waals surface area (Å²) in [5.74, 6) is 2.99. The summed E-state index contributed by atoms with van der Waals surface area (Å²) in [6.45, 7) is 6.66. The highest BCUT2D eigenvalue weighted by molar-refractivity contribution is 6.84. The number of aliphatic imine (C=N–C) groups is 1. The van der Waals surface area contributed by atoms with Crippen molar-refractivity contribution in [1.29, 1.82) is 0 Å². The molecule has 0 aliphatic heterocycles. The van der Waals surface area contributed by atoms with E-state index in [1.165, 1.54) is 0 Å². The minimum atomic E-state index is -1.25. The fourth-order valence-electron chi connectivity index (χ4n) is 0.870. The van der Waals surface area contributed by atoms with Crippen LogP contribution in [0.3, 0.4) is 0 Å². The molecule has 1 aromatic carbocycles. The molecule has 0 amide bonds. The van der Waals surface area contributed by atoms with E-state index in [2.05, 4.69) is 36.1 Å². The van der Waals surface area contributed by atoms with Crippen molar-refractivity contribution in [3.05, 3.63) is 30.3 Å². The van der Waals surface area contributed by atoms with E-state index in [1.807, 2.05) is 30.3 Å². The van der Waals surface area contributed by atoms with Gasteiger partial charge in [0.1, 0.15) is 8.07 Å². The van der Waals surface area contributed by atoms with Gasteiger partial charge in [0.25, 0.3) is 0 Å². The first-order valence-electron chi connectivity index (χ1n) is 4.68. The third-order valence-corrected chi connectivity index (χ3v) is 2.38. The molecule has 0 saturated heterocycles. The van der Waals surface area contributed by atoms with Crippen LogP contribution in [0.25, 0.3) is 0 Å². The van der Waals surface area contributed by atoms with Crippen molar-refractivity contribution in [2.24, 2.45) is 4.99 Å². The van der Waals surface area contributed by atoms with E-state index in [-0.39, 0.29) is 0 Å². The van der Waals surface area contributed by atoms with Gasteiger partial charge >= 0.3 is 0 Å². The Balaban J connectivity index is 2.61. The van der Waals surface area contributed by atoms with Gasteiger partial charge in [-0.2, -0.15) is 0 Å². The van der Waals surface area contributed by atoms with Gasteiger partial charge in [-0.25, -0.2) is 4.99 Å². The quantitative estimate of drug-likeness (QED) is 0.376. The fraction of sp³-hybridized carbons (Fsp3) is 0.250. The van der Waals surface area contributed by atoms with Crippen LogP contribution in [0.2, 0.25) is 19.6 Å². The lowest BCUT2D eigenvalue weighted by Gasteiger charge is -2.01. The zero-order chi connectivity index (χ0) is 10.4. The van der Waals surface area contributed by atoms with Gasteiger partial charge in [0, 0.05) is 0 Å². The number of hydrogen-bond donors (Lipinski definition) is 0. The first-order valence-corrected chi connectivity index (χ1v) is 8.18. The molecule has 2 heteroatoms. The summed E-state index contributed by atoms with van der Waals surface area (Å²) in [5.41, 5.74) is 4.19. The van der Waals surface area contributed by atoms with Gasteiger partial charge in [-0.05, 0) is 12.1 Å². The molecule has 0 aliphatic rings. The molecule has 1 nitrogen and oxygen atoms in total. The first kappa shape index (κ1) is 10.7. The maximum absolute atomic E-state index is 4.23. The molecule has 0 spiro atoms. The first-order chi connectivity index (χ1) is 6.58. The predicted molar refractivity (Wildman–Crippen MR) is 65.7 cm³/mol. The Hall–Kier alpha value is -1.33. The van der Waals surface area contributed by atoms with E-state index < -0.39 is 8.07 Å². The van der Waals surface area contributed by atoms with Crippen molar-refractivity contribution in [2.45, 2.75) is 19.6 Å². The van der Waals surface area contributed by atoms with E-state index >= 15 is 0 Å². The molecule has 1 rings (SSSR count). The average molecular weight is 201 g/mol. The summed E-state index contributed by atoms with van der Waals surface area (Å²) in [6, 6.07) is 9.85. The minimum Gasteiger partial charge on any atom is -0.248 e. The highest BCUT2D eigenvalue weighted by atomic mass is 28.3. The van der Waals surface area contributed by atoms with Gasteiger partial charge in [-0.1, -0.05) is 43.8 Å². The lowest BCUT2D eigenvalue weighted by Crippen LogP contribution is -2.16. The highest BCUT2D eigenvalue weighted by Crippen LogP contribution is 2.07. The average Bonchev–Trinajstić information content (AvgIpc) is 2.13. The maximum Gasteiger partial charge on any atom is 0.129 e. The molecular weight excluding hydrogens is 186 g/mol. The van der Waals surface area contributed by atoms with Gasteiger partial charge in [-0.15, -0.1) is 5.54 Å². The molecule has 0 atom stereocenters. The van der Waals surface area contributed by atoms with Gasteiger partial charge in [-0.3, -0.25) is 0 Å². The Morgan fingerprint density at radius 2 is 1.79 bits per heavy atom. The third kappa shape index (κ3) is 4.63. The Morgan fingerprint density at radius 3 is 2.36 bits per heavy atom. The standard InChI is InChI=1S/C12H15NSi/c1-14(2,3)11-7-10-13-12-8-5-4-6-9-12/h4-6,8-10H,1-3H3. The van der Waals surface area contributed by atoms with Crippen LogP contribution in [0.1, 0.15) is 0 Å². The van der Waals surface area contributed by atoms with E-state index in [0.717, 1.165) is 5.69 Å². The Bertz CT molecular complexity index is 363. The van der Waals surface area contributed by atoms with Crippen LogP contribution in [-0.4, -0.2) is 14.3 Å². The van der Waals surface area contributed by atoms with E-state index in [9.17, 15) is 0 Å². The molecule has 0 N–H and O–H groups in total. The highest BCUT2D eigenvalue weighted by Gasteiger charge is 2.06. The zero-order valence-electron chi connectivity index (χ0n) is 8.91. The molecule has 0 radical (unpaired) electrons. The van der Waals surface area contributed by atoms with Crippen LogP contribution in [0.4, 0.5) is 5.69 Å². The number of benzene rings is 1. The summed E-state index contributed by atoms with van der Waals surface area (Å²) in [6.07, 6.45) is 1.69. The van der Waals surface area contributed by atoms with Crippen molar-refractivity contribution >= 4 is 20.0 Å². The summed E-state index contributed by atoms with van der Waals surface area (Å²) >= 11 is 0. The number of hydrogen-bond acceptors (Lipinski definition) is 1. The molecule has 0 heterocycles.